The van der Waals surface area contributed by atoms with Gasteiger partial charge in [0.15, 0.2) is 0 Å². The number of sulfonamides is 1. The van der Waals surface area contributed by atoms with Crippen LogP contribution < -0.4 is 14.4 Å². The first-order chi connectivity index (χ1) is 16.8. The highest BCUT2D eigenvalue weighted by atomic mass is 32.2. The van der Waals surface area contributed by atoms with Crippen molar-refractivity contribution in [3.63, 3.8) is 0 Å². The maximum atomic E-state index is 13.1. The molecule has 0 saturated carbocycles. The molecule has 1 fully saturated rings. The molecule has 3 aromatic carbocycles. The summed E-state index contributed by atoms with van der Waals surface area (Å²) in [5.74, 6) is 0.585. The van der Waals surface area contributed by atoms with E-state index in [1.807, 2.05) is 4.90 Å². The molecule has 1 N–H and O–H groups in total. The van der Waals surface area contributed by atoms with E-state index >= 15 is 0 Å². The van der Waals surface area contributed by atoms with Crippen molar-refractivity contribution < 1.29 is 17.9 Å². The van der Waals surface area contributed by atoms with Crippen LogP contribution in [0.5, 0.6) is 5.75 Å². The number of methoxy groups -OCH3 is 1. The summed E-state index contributed by atoms with van der Waals surface area (Å²) in [7, 11) is -2.12. The number of nitrogens with zero attached hydrogens (tertiary/aromatic N) is 2. The Balaban J connectivity index is 1.35. The van der Waals surface area contributed by atoms with E-state index in [4.69, 9.17) is 4.74 Å². The minimum absolute atomic E-state index is 0.00824. The van der Waals surface area contributed by atoms with Gasteiger partial charge in [-0.2, -0.15) is 0 Å². The summed E-state index contributed by atoms with van der Waals surface area (Å²) in [5, 5.41) is 0. The lowest BCUT2D eigenvalue weighted by atomic mass is 10.1. The number of hydrogen-bond acceptors (Lipinski definition) is 5. The molecule has 4 rings (SSSR count). The van der Waals surface area contributed by atoms with E-state index in [0.717, 1.165) is 12.1 Å². The summed E-state index contributed by atoms with van der Waals surface area (Å²) in [6.45, 7) is 6.44. The summed E-state index contributed by atoms with van der Waals surface area (Å²) in [6, 6.07) is 22.0. The number of rotatable bonds is 7. The second kappa shape index (κ2) is 10.5. The summed E-state index contributed by atoms with van der Waals surface area (Å²) in [5.41, 5.74) is 3.78. The number of nitrogens with one attached hydrogen (secondary N) is 1. The molecule has 1 amide bonds. The zero-order chi connectivity index (χ0) is 25.0. The maximum Gasteiger partial charge on any atom is 0.253 e. The van der Waals surface area contributed by atoms with Crippen molar-refractivity contribution >= 4 is 21.6 Å². The van der Waals surface area contributed by atoms with Crippen molar-refractivity contribution in [1.82, 2.24) is 9.62 Å². The normalized spacial score (nSPS) is 16.3. The number of anilines is 1. The fraction of sp³-hybridized carbons (Fsp3) is 0.296. The average molecular weight is 494 g/mol. The molecule has 35 heavy (non-hydrogen) atoms. The Labute approximate surface area is 207 Å². The third kappa shape index (κ3) is 5.83. The third-order valence-electron chi connectivity index (χ3n) is 6.28. The van der Waals surface area contributed by atoms with Gasteiger partial charge in [0, 0.05) is 43.5 Å². The first-order valence-electron chi connectivity index (χ1n) is 11.6. The molecule has 184 valence electrons. The minimum atomic E-state index is -3.65. The van der Waals surface area contributed by atoms with Crippen molar-refractivity contribution in [1.29, 1.82) is 0 Å². The molecule has 1 aliphatic rings. The van der Waals surface area contributed by atoms with Gasteiger partial charge in [-0.15, -0.1) is 0 Å². The van der Waals surface area contributed by atoms with E-state index in [9.17, 15) is 13.2 Å². The van der Waals surface area contributed by atoms with Crippen molar-refractivity contribution in [3.05, 3.63) is 89.5 Å². The number of carbonyl (C=O) groups excluding carboxylic acids is 1. The Hall–Kier alpha value is -3.36. The third-order valence-corrected chi connectivity index (χ3v) is 7.70. The summed E-state index contributed by atoms with van der Waals surface area (Å²) < 4.78 is 32.8. The molecule has 0 spiro atoms. The van der Waals surface area contributed by atoms with Crippen LogP contribution in [0.1, 0.15) is 28.4 Å². The van der Waals surface area contributed by atoms with Crippen LogP contribution in [0.4, 0.5) is 5.69 Å². The zero-order valence-electron chi connectivity index (χ0n) is 20.3. The van der Waals surface area contributed by atoms with Gasteiger partial charge >= 0.3 is 0 Å². The average Bonchev–Trinajstić information content (AvgIpc) is 2.87. The highest BCUT2D eigenvalue weighted by Gasteiger charge is 2.27. The lowest BCUT2D eigenvalue weighted by molar-refractivity contribution is 0.0726. The number of aryl methyl sites for hydroxylation is 1. The Bertz CT molecular complexity index is 1270. The molecule has 0 radical (unpaired) electrons. The molecule has 0 unspecified atom stereocenters. The molecule has 0 aromatic heterocycles. The smallest absolute Gasteiger partial charge is 0.253 e. The van der Waals surface area contributed by atoms with Gasteiger partial charge in [-0.05, 0) is 73.5 Å². The monoisotopic (exact) mass is 493 g/mol. The standard InChI is InChI=1S/C27H31N3O4S/c1-20-5-4-6-24(17-20)30-16-15-29(19-21(30)2)27(31)23-9-7-22(8-10-23)18-28-35(32,33)26-13-11-25(34-3)12-14-26/h4-14,17,21,28H,15-16,18-19H2,1-3H3/t21-/m1/s1. The Morgan fingerprint density at radius 2 is 1.74 bits per heavy atom. The number of piperazine rings is 1. The largest absolute Gasteiger partial charge is 0.497 e. The number of ether oxygens (including phenoxy) is 1. The van der Waals surface area contributed by atoms with E-state index in [-0.39, 0.29) is 23.4 Å². The number of carbonyl (C=O) groups is 1. The van der Waals surface area contributed by atoms with Gasteiger partial charge in [0.1, 0.15) is 5.75 Å². The second-order valence-corrected chi connectivity index (χ2v) is 10.6. The number of benzene rings is 3. The summed E-state index contributed by atoms with van der Waals surface area (Å²) in [6.07, 6.45) is 0. The van der Waals surface area contributed by atoms with Gasteiger partial charge in [-0.1, -0.05) is 24.3 Å². The lowest BCUT2D eigenvalue weighted by Gasteiger charge is -2.41. The van der Waals surface area contributed by atoms with E-state index in [2.05, 4.69) is 47.7 Å². The number of amides is 1. The van der Waals surface area contributed by atoms with Crippen LogP contribution in [0.3, 0.4) is 0 Å². The lowest BCUT2D eigenvalue weighted by Crippen LogP contribution is -2.53. The first kappa shape index (κ1) is 24.8. The van der Waals surface area contributed by atoms with Gasteiger partial charge in [-0.25, -0.2) is 13.1 Å². The molecule has 8 heteroatoms. The second-order valence-electron chi connectivity index (χ2n) is 8.83. The molecular weight excluding hydrogens is 462 g/mol. The van der Waals surface area contributed by atoms with Crippen LogP contribution >= 0.6 is 0 Å². The predicted octanol–water partition coefficient (Wildman–Crippen LogP) is 3.83. The van der Waals surface area contributed by atoms with Crippen LogP contribution in [0.25, 0.3) is 0 Å². The molecule has 0 aliphatic carbocycles. The van der Waals surface area contributed by atoms with Crippen molar-refractivity contribution in [2.45, 2.75) is 31.3 Å². The van der Waals surface area contributed by atoms with Gasteiger partial charge in [0.2, 0.25) is 10.0 Å². The summed E-state index contributed by atoms with van der Waals surface area (Å²) >= 11 is 0. The van der Waals surface area contributed by atoms with Crippen molar-refractivity contribution in [3.8, 4) is 5.75 Å². The molecule has 3 aromatic rings. The molecule has 1 atom stereocenters. The Morgan fingerprint density at radius 3 is 2.37 bits per heavy atom. The van der Waals surface area contributed by atoms with Crippen LogP contribution in [0.2, 0.25) is 0 Å². The topological polar surface area (TPSA) is 78.9 Å². The fourth-order valence-electron chi connectivity index (χ4n) is 4.30. The molecule has 1 aliphatic heterocycles. The van der Waals surface area contributed by atoms with Gasteiger partial charge in [0.05, 0.1) is 12.0 Å². The predicted molar refractivity (Wildman–Crippen MR) is 137 cm³/mol. The van der Waals surface area contributed by atoms with Crippen molar-refractivity contribution in [2.24, 2.45) is 0 Å². The highest BCUT2D eigenvalue weighted by molar-refractivity contribution is 7.89. The summed E-state index contributed by atoms with van der Waals surface area (Å²) in [4.78, 5) is 17.5. The van der Waals surface area contributed by atoms with Gasteiger partial charge in [0.25, 0.3) is 5.91 Å². The fourth-order valence-corrected chi connectivity index (χ4v) is 5.31. The van der Waals surface area contributed by atoms with Crippen LogP contribution in [-0.4, -0.2) is 52.0 Å². The molecule has 1 saturated heterocycles. The number of hydrogen-bond donors (Lipinski definition) is 1. The molecule has 0 bridgehead atoms. The van der Waals surface area contributed by atoms with Crippen LogP contribution in [0.15, 0.2) is 77.7 Å². The SMILES string of the molecule is COc1ccc(S(=O)(=O)NCc2ccc(C(=O)N3CCN(c4cccc(C)c4)[C@H](C)C3)cc2)cc1. The molecule has 1 heterocycles. The van der Waals surface area contributed by atoms with E-state index in [1.165, 1.54) is 30.5 Å². The van der Waals surface area contributed by atoms with E-state index < -0.39 is 10.0 Å². The minimum Gasteiger partial charge on any atom is -0.497 e. The van der Waals surface area contributed by atoms with Crippen LogP contribution in [0, 0.1) is 6.92 Å². The van der Waals surface area contributed by atoms with Crippen LogP contribution in [-0.2, 0) is 16.6 Å². The van der Waals surface area contributed by atoms with Gasteiger partial charge in [-0.3, -0.25) is 4.79 Å². The van der Waals surface area contributed by atoms with E-state index in [0.29, 0.717) is 24.4 Å². The quantitative estimate of drug-likeness (QED) is 0.541. The molecular formula is C27H31N3O4S. The Kier molecular flexibility index (Phi) is 7.42. The maximum absolute atomic E-state index is 13.1. The molecule has 7 nitrogen and oxygen atoms in total. The van der Waals surface area contributed by atoms with E-state index in [1.54, 1.807) is 36.4 Å². The highest BCUT2D eigenvalue weighted by Crippen LogP contribution is 2.23. The first-order valence-corrected chi connectivity index (χ1v) is 13.1. The Morgan fingerprint density at radius 1 is 1.03 bits per heavy atom. The zero-order valence-corrected chi connectivity index (χ0v) is 21.1. The van der Waals surface area contributed by atoms with Gasteiger partial charge < -0.3 is 14.5 Å². The van der Waals surface area contributed by atoms with Crippen molar-refractivity contribution in [2.75, 3.05) is 31.6 Å².